The van der Waals surface area contributed by atoms with Gasteiger partial charge in [0.25, 0.3) is 5.91 Å². The van der Waals surface area contributed by atoms with E-state index in [4.69, 9.17) is 4.74 Å². The summed E-state index contributed by atoms with van der Waals surface area (Å²) < 4.78 is 18.4. The third-order valence-corrected chi connectivity index (χ3v) is 3.16. The van der Waals surface area contributed by atoms with Crippen LogP contribution in [-0.2, 0) is 4.79 Å². The van der Waals surface area contributed by atoms with Crippen LogP contribution < -0.4 is 10.1 Å². The smallest absolute Gasteiger partial charge is 0.275 e. The molecule has 1 aromatic rings. The highest BCUT2D eigenvalue weighted by Gasteiger charge is 2.33. The Morgan fingerprint density at radius 3 is 2.89 bits per heavy atom. The number of nitrogens with zero attached hydrogens (tertiary/aromatic N) is 1. The van der Waals surface area contributed by atoms with E-state index in [1.54, 1.807) is 12.1 Å². The number of carbonyl (C=O) groups excluding carboxylic acids is 1. The van der Waals surface area contributed by atoms with Crippen LogP contribution in [0, 0.1) is 11.7 Å². The van der Waals surface area contributed by atoms with E-state index in [9.17, 15) is 9.18 Å². The maximum absolute atomic E-state index is 13.5. The number of aliphatic imine (C=N–C) groups is 1. The topological polar surface area (TPSA) is 50.7 Å². The third kappa shape index (κ3) is 2.36. The second kappa shape index (κ2) is 4.50. The van der Waals surface area contributed by atoms with Gasteiger partial charge < -0.3 is 10.1 Å². The summed E-state index contributed by atoms with van der Waals surface area (Å²) in [6.07, 6.45) is 3.72. The molecule has 0 atom stereocenters. The van der Waals surface area contributed by atoms with Crippen molar-refractivity contribution in [1.29, 1.82) is 0 Å². The molecule has 1 N–H and O–H groups in total. The van der Waals surface area contributed by atoms with Gasteiger partial charge in [0.1, 0.15) is 11.5 Å². The van der Waals surface area contributed by atoms with Gasteiger partial charge in [-0.05, 0) is 36.6 Å². The molecule has 0 unspecified atom stereocenters. The number of hydrogen-bond acceptors (Lipinski definition) is 3. The molecule has 4 nitrogen and oxygen atoms in total. The first-order chi connectivity index (χ1) is 9.17. The second-order valence-electron chi connectivity index (χ2n) is 4.65. The zero-order chi connectivity index (χ0) is 13.4. The SMILES string of the molecule is COc1ccc(/C=C2/N=C(C3CC3)NC2=O)cc1F. The molecule has 1 heterocycles. The third-order valence-electron chi connectivity index (χ3n) is 3.16. The molecule has 5 heteroatoms. The summed E-state index contributed by atoms with van der Waals surface area (Å²) >= 11 is 0. The van der Waals surface area contributed by atoms with Crippen LogP contribution in [0.2, 0.25) is 0 Å². The zero-order valence-corrected chi connectivity index (χ0v) is 10.4. The highest BCUT2D eigenvalue weighted by Crippen LogP contribution is 2.32. The summed E-state index contributed by atoms with van der Waals surface area (Å²) in [6.45, 7) is 0. The number of halogens is 1. The van der Waals surface area contributed by atoms with Crippen LogP contribution in [0.3, 0.4) is 0 Å². The van der Waals surface area contributed by atoms with Gasteiger partial charge in [-0.3, -0.25) is 4.79 Å². The van der Waals surface area contributed by atoms with E-state index >= 15 is 0 Å². The van der Waals surface area contributed by atoms with Gasteiger partial charge >= 0.3 is 0 Å². The lowest BCUT2D eigenvalue weighted by Gasteiger charge is -2.02. The lowest BCUT2D eigenvalue weighted by atomic mass is 10.2. The molecule has 0 saturated heterocycles. The minimum atomic E-state index is -0.457. The molecule has 0 aromatic heterocycles. The molecule has 19 heavy (non-hydrogen) atoms. The number of hydrogen-bond donors (Lipinski definition) is 1. The van der Waals surface area contributed by atoms with Gasteiger partial charge in [0.2, 0.25) is 0 Å². The van der Waals surface area contributed by atoms with Crippen LogP contribution in [0.25, 0.3) is 6.08 Å². The van der Waals surface area contributed by atoms with E-state index in [-0.39, 0.29) is 11.7 Å². The molecule has 98 valence electrons. The van der Waals surface area contributed by atoms with Crippen LogP contribution in [-0.4, -0.2) is 18.9 Å². The van der Waals surface area contributed by atoms with Crippen LogP contribution in [0.5, 0.6) is 5.75 Å². The van der Waals surface area contributed by atoms with Gasteiger partial charge in [0, 0.05) is 5.92 Å². The highest BCUT2D eigenvalue weighted by atomic mass is 19.1. The van der Waals surface area contributed by atoms with Gasteiger partial charge in [-0.15, -0.1) is 0 Å². The van der Waals surface area contributed by atoms with Crippen LogP contribution in [0.1, 0.15) is 18.4 Å². The number of ether oxygens (including phenoxy) is 1. The van der Waals surface area contributed by atoms with E-state index in [1.807, 2.05) is 0 Å². The summed E-state index contributed by atoms with van der Waals surface area (Å²) in [7, 11) is 1.41. The van der Waals surface area contributed by atoms with Crippen molar-refractivity contribution in [3.05, 3.63) is 35.3 Å². The Morgan fingerprint density at radius 1 is 1.47 bits per heavy atom. The Bertz CT molecular complexity index is 603. The van der Waals surface area contributed by atoms with Crippen molar-refractivity contribution in [2.24, 2.45) is 10.9 Å². The Labute approximate surface area is 110 Å². The molecule has 2 aliphatic rings. The average Bonchev–Trinajstić information content (AvgIpc) is 3.16. The molecule has 1 aromatic carbocycles. The normalized spacial score (nSPS) is 20.4. The fraction of sp³-hybridized carbons (Fsp3) is 0.286. The summed E-state index contributed by atoms with van der Waals surface area (Å²) in [6, 6.07) is 4.54. The Morgan fingerprint density at radius 2 is 2.26 bits per heavy atom. The minimum absolute atomic E-state index is 0.181. The van der Waals surface area contributed by atoms with E-state index in [0.29, 0.717) is 17.2 Å². The lowest BCUT2D eigenvalue weighted by Crippen LogP contribution is -2.25. The van der Waals surface area contributed by atoms with E-state index in [1.165, 1.54) is 19.2 Å². The highest BCUT2D eigenvalue weighted by molar-refractivity contribution is 6.15. The van der Waals surface area contributed by atoms with Crippen LogP contribution >= 0.6 is 0 Å². The largest absolute Gasteiger partial charge is 0.494 e. The Kier molecular flexibility index (Phi) is 2.81. The van der Waals surface area contributed by atoms with Gasteiger partial charge in [0.15, 0.2) is 11.6 Å². The number of amidine groups is 1. The van der Waals surface area contributed by atoms with Crippen LogP contribution in [0.4, 0.5) is 4.39 Å². The van der Waals surface area contributed by atoms with E-state index in [0.717, 1.165) is 18.7 Å². The van der Waals surface area contributed by atoms with Crippen molar-refractivity contribution in [2.75, 3.05) is 7.11 Å². The Balaban J connectivity index is 1.88. The van der Waals surface area contributed by atoms with Crippen molar-refractivity contribution in [2.45, 2.75) is 12.8 Å². The number of amides is 1. The first kappa shape index (κ1) is 11.9. The molecule has 1 amide bonds. The first-order valence-corrected chi connectivity index (χ1v) is 6.12. The van der Waals surface area contributed by atoms with Gasteiger partial charge in [-0.1, -0.05) is 6.07 Å². The number of methoxy groups -OCH3 is 1. The number of nitrogens with one attached hydrogen (secondary N) is 1. The van der Waals surface area contributed by atoms with Gasteiger partial charge in [0.05, 0.1) is 7.11 Å². The molecule has 3 rings (SSSR count). The van der Waals surface area contributed by atoms with Crippen molar-refractivity contribution in [1.82, 2.24) is 5.32 Å². The Hall–Kier alpha value is -2.17. The van der Waals surface area contributed by atoms with Gasteiger partial charge in [-0.2, -0.15) is 0 Å². The van der Waals surface area contributed by atoms with Crippen molar-refractivity contribution in [3.8, 4) is 5.75 Å². The quantitative estimate of drug-likeness (QED) is 0.846. The molecular weight excluding hydrogens is 247 g/mol. The molecule has 0 bridgehead atoms. The predicted octanol–water partition coefficient (Wildman–Crippen LogP) is 2.11. The second-order valence-corrected chi connectivity index (χ2v) is 4.65. The summed E-state index contributed by atoms with van der Waals surface area (Å²) in [5.74, 6) is 0.632. The van der Waals surface area contributed by atoms with Crippen molar-refractivity contribution >= 4 is 17.8 Å². The number of carbonyl (C=O) groups is 1. The van der Waals surface area contributed by atoms with Crippen molar-refractivity contribution in [3.63, 3.8) is 0 Å². The lowest BCUT2D eigenvalue weighted by molar-refractivity contribution is -0.115. The monoisotopic (exact) mass is 260 g/mol. The van der Waals surface area contributed by atoms with Gasteiger partial charge in [-0.25, -0.2) is 9.38 Å². The van der Waals surface area contributed by atoms with Crippen molar-refractivity contribution < 1.29 is 13.9 Å². The maximum Gasteiger partial charge on any atom is 0.275 e. The molecular formula is C14H13FN2O2. The van der Waals surface area contributed by atoms with E-state index in [2.05, 4.69) is 10.3 Å². The predicted molar refractivity (Wildman–Crippen MR) is 69.2 cm³/mol. The van der Waals surface area contributed by atoms with Crippen LogP contribution in [0.15, 0.2) is 28.9 Å². The summed E-state index contributed by atoms with van der Waals surface area (Å²) in [4.78, 5) is 16.0. The molecule has 1 fully saturated rings. The maximum atomic E-state index is 13.5. The van der Waals surface area contributed by atoms with E-state index < -0.39 is 5.82 Å². The average molecular weight is 260 g/mol. The molecule has 1 aliphatic heterocycles. The standard InChI is InChI=1S/C14H13FN2O2/c1-19-12-5-2-8(6-10(12)15)7-11-14(18)17-13(16-11)9-3-4-9/h2,5-7,9H,3-4H2,1H3,(H,16,17,18)/b11-7+. The molecule has 0 spiro atoms. The summed E-state index contributed by atoms with van der Waals surface area (Å²) in [5, 5.41) is 2.75. The number of rotatable bonds is 3. The molecule has 1 saturated carbocycles. The fourth-order valence-electron chi connectivity index (χ4n) is 1.97. The minimum Gasteiger partial charge on any atom is -0.494 e. The zero-order valence-electron chi connectivity index (χ0n) is 10.4. The first-order valence-electron chi connectivity index (χ1n) is 6.12. The molecule has 1 aliphatic carbocycles. The summed E-state index contributed by atoms with van der Waals surface area (Å²) in [5.41, 5.74) is 0.913. The molecule has 0 radical (unpaired) electrons. The fourth-order valence-corrected chi connectivity index (χ4v) is 1.97. The number of benzene rings is 1.